The van der Waals surface area contributed by atoms with Crippen LogP contribution in [-0.2, 0) is 14.9 Å². The van der Waals surface area contributed by atoms with Gasteiger partial charge in [-0.25, -0.2) is 0 Å². The Balaban J connectivity index is 1.55. The second kappa shape index (κ2) is 7.06. The van der Waals surface area contributed by atoms with Crippen molar-refractivity contribution in [3.8, 4) is 0 Å². The highest BCUT2D eigenvalue weighted by molar-refractivity contribution is 5.81. The lowest BCUT2D eigenvalue weighted by Crippen LogP contribution is -2.53. The molecule has 0 unspecified atom stereocenters. The Bertz CT molecular complexity index is 602. The normalized spacial score (nSPS) is 32.8. The average Bonchev–Trinajstić information content (AvgIpc) is 3.29. The number of aliphatic hydroxyl groups excluding tert-OH is 1. The Morgan fingerprint density at radius 2 is 2.12 bits per heavy atom. The molecule has 4 rings (SSSR count). The van der Waals surface area contributed by atoms with Crippen LogP contribution < -0.4 is 0 Å². The summed E-state index contributed by atoms with van der Waals surface area (Å²) in [6, 6.07) is 10.7. The maximum absolute atomic E-state index is 12.8. The SMILES string of the molecule is O=C([C@H]1CCCO1)N1CC[C@]2(c3ccccc3)CN(CCO)C[C@@H]2C1. The molecule has 3 heterocycles. The summed E-state index contributed by atoms with van der Waals surface area (Å²) in [5, 5.41) is 9.38. The van der Waals surface area contributed by atoms with Crippen molar-refractivity contribution in [2.45, 2.75) is 30.8 Å². The summed E-state index contributed by atoms with van der Waals surface area (Å²) in [5.41, 5.74) is 1.48. The summed E-state index contributed by atoms with van der Waals surface area (Å²) in [4.78, 5) is 17.2. The van der Waals surface area contributed by atoms with Gasteiger partial charge in [0.05, 0.1) is 6.61 Å². The molecule has 0 aromatic heterocycles. The minimum Gasteiger partial charge on any atom is -0.395 e. The van der Waals surface area contributed by atoms with Gasteiger partial charge in [-0.3, -0.25) is 9.69 Å². The highest BCUT2D eigenvalue weighted by atomic mass is 16.5. The van der Waals surface area contributed by atoms with Crippen molar-refractivity contribution in [3.05, 3.63) is 35.9 Å². The van der Waals surface area contributed by atoms with Gasteiger partial charge in [-0.1, -0.05) is 30.3 Å². The average molecular weight is 344 g/mol. The highest BCUT2D eigenvalue weighted by Gasteiger charge is 2.51. The summed E-state index contributed by atoms with van der Waals surface area (Å²) < 4.78 is 5.61. The quantitative estimate of drug-likeness (QED) is 0.893. The van der Waals surface area contributed by atoms with E-state index in [0.29, 0.717) is 19.1 Å². The second-order valence-electron chi connectivity index (χ2n) is 7.71. The van der Waals surface area contributed by atoms with Crippen LogP contribution >= 0.6 is 0 Å². The molecule has 1 N–H and O–H groups in total. The molecule has 3 atom stereocenters. The molecule has 1 aromatic rings. The van der Waals surface area contributed by atoms with Gasteiger partial charge in [-0.2, -0.15) is 0 Å². The van der Waals surface area contributed by atoms with Crippen LogP contribution in [0.5, 0.6) is 0 Å². The molecule has 0 aliphatic carbocycles. The summed E-state index contributed by atoms with van der Waals surface area (Å²) >= 11 is 0. The Kier molecular flexibility index (Phi) is 4.80. The number of fused-ring (bicyclic) bond motifs is 1. The van der Waals surface area contributed by atoms with Gasteiger partial charge in [-0.15, -0.1) is 0 Å². The monoisotopic (exact) mass is 344 g/mol. The number of carbonyl (C=O) groups is 1. The molecule has 0 radical (unpaired) electrons. The molecule has 5 nitrogen and oxygen atoms in total. The molecule has 3 aliphatic heterocycles. The van der Waals surface area contributed by atoms with E-state index in [9.17, 15) is 9.90 Å². The molecule has 1 aromatic carbocycles. The number of aliphatic hydroxyl groups is 1. The molecule has 5 heteroatoms. The predicted octanol–water partition coefficient (Wildman–Crippen LogP) is 1.26. The van der Waals surface area contributed by atoms with E-state index in [-0.39, 0.29) is 24.0 Å². The molecule has 3 fully saturated rings. The van der Waals surface area contributed by atoms with Crippen LogP contribution in [0.1, 0.15) is 24.8 Å². The first kappa shape index (κ1) is 17.0. The van der Waals surface area contributed by atoms with Crippen molar-refractivity contribution in [1.82, 2.24) is 9.80 Å². The van der Waals surface area contributed by atoms with Gasteiger partial charge < -0.3 is 14.7 Å². The molecule has 0 spiro atoms. The molecular weight excluding hydrogens is 316 g/mol. The molecule has 136 valence electrons. The third-order valence-electron chi connectivity index (χ3n) is 6.32. The van der Waals surface area contributed by atoms with Gasteiger partial charge in [0, 0.05) is 50.7 Å². The highest BCUT2D eigenvalue weighted by Crippen LogP contribution is 2.45. The number of ether oxygens (including phenoxy) is 1. The number of carbonyl (C=O) groups excluding carboxylic acids is 1. The molecule has 3 saturated heterocycles. The van der Waals surface area contributed by atoms with Crippen molar-refractivity contribution in [3.63, 3.8) is 0 Å². The van der Waals surface area contributed by atoms with Crippen LogP contribution in [0.3, 0.4) is 0 Å². The van der Waals surface area contributed by atoms with Gasteiger partial charge in [0.25, 0.3) is 5.91 Å². The van der Waals surface area contributed by atoms with Crippen molar-refractivity contribution >= 4 is 5.91 Å². The molecule has 0 saturated carbocycles. The van der Waals surface area contributed by atoms with E-state index in [0.717, 1.165) is 45.4 Å². The maximum Gasteiger partial charge on any atom is 0.251 e. The van der Waals surface area contributed by atoms with Gasteiger partial charge in [0.1, 0.15) is 6.10 Å². The molecular formula is C20H28N2O3. The zero-order valence-corrected chi connectivity index (χ0v) is 14.8. The van der Waals surface area contributed by atoms with Crippen molar-refractivity contribution in [1.29, 1.82) is 0 Å². The smallest absolute Gasteiger partial charge is 0.251 e. The lowest BCUT2D eigenvalue weighted by Gasteiger charge is -2.44. The summed E-state index contributed by atoms with van der Waals surface area (Å²) in [7, 11) is 0. The Morgan fingerprint density at radius 3 is 2.84 bits per heavy atom. The van der Waals surface area contributed by atoms with Crippen molar-refractivity contribution in [2.75, 3.05) is 45.9 Å². The fraction of sp³-hybridized carbons (Fsp3) is 0.650. The number of β-amino-alcohol motifs (C(OH)–C–C–N with tert-alkyl or cyclic N) is 1. The zero-order valence-electron chi connectivity index (χ0n) is 14.8. The Hall–Kier alpha value is -1.43. The zero-order chi connectivity index (χ0) is 17.3. The number of rotatable bonds is 4. The standard InChI is InChI=1S/C20H28N2O3/c23-11-10-21-13-17-14-22(19(24)18-7-4-12-25-18)9-8-20(17,15-21)16-5-2-1-3-6-16/h1-3,5-6,17-18,23H,4,7-15H2/t17-,18-,20-/m1/s1. The third kappa shape index (κ3) is 3.09. The topological polar surface area (TPSA) is 53.0 Å². The first-order valence-electron chi connectivity index (χ1n) is 9.52. The molecule has 0 bridgehead atoms. The van der Waals surface area contributed by atoms with Crippen LogP contribution in [0, 0.1) is 5.92 Å². The summed E-state index contributed by atoms with van der Waals surface area (Å²) in [6.07, 6.45) is 2.62. The lowest BCUT2D eigenvalue weighted by atomic mass is 9.68. The summed E-state index contributed by atoms with van der Waals surface area (Å²) in [6.45, 7) is 5.15. The van der Waals surface area contributed by atoms with Crippen molar-refractivity contribution < 1.29 is 14.6 Å². The van der Waals surface area contributed by atoms with Crippen LogP contribution in [0.4, 0.5) is 0 Å². The first-order valence-corrected chi connectivity index (χ1v) is 9.52. The first-order chi connectivity index (χ1) is 12.2. The van der Waals surface area contributed by atoms with E-state index in [2.05, 4.69) is 35.2 Å². The van der Waals surface area contributed by atoms with E-state index in [1.807, 2.05) is 4.90 Å². The van der Waals surface area contributed by atoms with E-state index in [4.69, 9.17) is 4.74 Å². The Labute approximate surface area is 149 Å². The van der Waals surface area contributed by atoms with Gasteiger partial charge in [-0.05, 0) is 24.8 Å². The predicted molar refractivity (Wildman–Crippen MR) is 95.3 cm³/mol. The lowest BCUT2D eigenvalue weighted by molar-refractivity contribution is -0.143. The number of amides is 1. The van der Waals surface area contributed by atoms with E-state index in [1.165, 1.54) is 5.56 Å². The fourth-order valence-electron chi connectivity index (χ4n) is 5.02. The number of hydrogen-bond acceptors (Lipinski definition) is 4. The fourth-order valence-corrected chi connectivity index (χ4v) is 5.02. The molecule has 3 aliphatic rings. The minimum absolute atomic E-state index is 0.101. The number of benzene rings is 1. The van der Waals surface area contributed by atoms with E-state index in [1.54, 1.807) is 0 Å². The van der Waals surface area contributed by atoms with Crippen molar-refractivity contribution in [2.24, 2.45) is 5.92 Å². The van der Waals surface area contributed by atoms with Crippen LogP contribution in [0.25, 0.3) is 0 Å². The second-order valence-corrected chi connectivity index (χ2v) is 7.71. The number of hydrogen-bond donors (Lipinski definition) is 1. The maximum atomic E-state index is 12.8. The third-order valence-corrected chi connectivity index (χ3v) is 6.32. The number of nitrogens with zero attached hydrogens (tertiary/aromatic N) is 2. The van der Waals surface area contributed by atoms with E-state index < -0.39 is 0 Å². The minimum atomic E-state index is -0.223. The van der Waals surface area contributed by atoms with Crippen LogP contribution in [-0.4, -0.2) is 72.9 Å². The van der Waals surface area contributed by atoms with Gasteiger partial charge >= 0.3 is 0 Å². The summed E-state index contributed by atoms with van der Waals surface area (Å²) in [5.74, 6) is 0.598. The number of piperidine rings is 1. The van der Waals surface area contributed by atoms with Crippen LogP contribution in [0.15, 0.2) is 30.3 Å². The van der Waals surface area contributed by atoms with Gasteiger partial charge in [0.15, 0.2) is 0 Å². The van der Waals surface area contributed by atoms with E-state index >= 15 is 0 Å². The Morgan fingerprint density at radius 1 is 1.28 bits per heavy atom. The van der Waals surface area contributed by atoms with Crippen LogP contribution in [0.2, 0.25) is 0 Å². The largest absolute Gasteiger partial charge is 0.395 e. The number of likely N-dealkylation sites (tertiary alicyclic amines) is 2. The van der Waals surface area contributed by atoms with Gasteiger partial charge in [0.2, 0.25) is 0 Å². The molecule has 25 heavy (non-hydrogen) atoms. The molecule has 1 amide bonds.